The van der Waals surface area contributed by atoms with Crippen molar-refractivity contribution < 1.29 is 0 Å². The van der Waals surface area contributed by atoms with Crippen molar-refractivity contribution in [3.05, 3.63) is 32.4 Å². The van der Waals surface area contributed by atoms with E-state index in [1.807, 2.05) is 0 Å². The van der Waals surface area contributed by atoms with Crippen LogP contribution in [0.3, 0.4) is 0 Å². The van der Waals surface area contributed by atoms with Crippen molar-refractivity contribution in [3.8, 4) is 0 Å². The van der Waals surface area contributed by atoms with E-state index in [4.69, 9.17) is 5.73 Å². The predicted molar refractivity (Wildman–Crippen MR) is 56.5 cm³/mol. The summed E-state index contributed by atoms with van der Waals surface area (Å²) >= 11 is 2.32. The normalized spacial score (nSPS) is 10.2. The molecule has 1 rings (SSSR count). The molecule has 0 aliphatic heterocycles. The highest BCUT2D eigenvalue weighted by molar-refractivity contribution is 14.1. The summed E-state index contributed by atoms with van der Waals surface area (Å²) in [6, 6.07) is 4.34. The number of nitrogens with two attached hydrogens (primary N) is 1. The highest BCUT2D eigenvalue weighted by Gasteiger charge is 1.99. The highest BCUT2D eigenvalue weighted by atomic mass is 127. The summed E-state index contributed by atoms with van der Waals surface area (Å²) in [5.74, 6) is 0. The quantitative estimate of drug-likeness (QED) is 0.771. The molecule has 0 radical (unpaired) electrons. The van der Waals surface area contributed by atoms with Gasteiger partial charge in [0.1, 0.15) is 0 Å². The maximum absolute atomic E-state index is 5.56. The minimum Gasteiger partial charge on any atom is -0.326 e. The van der Waals surface area contributed by atoms with Crippen molar-refractivity contribution in [2.45, 2.75) is 20.4 Å². The summed E-state index contributed by atoms with van der Waals surface area (Å²) in [5, 5.41) is 0. The van der Waals surface area contributed by atoms with E-state index >= 15 is 0 Å². The van der Waals surface area contributed by atoms with E-state index in [-0.39, 0.29) is 0 Å². The van der Waals surface area contributed by atoms with Crippen molar-refractivity contribution in [3.63, 3.8) is 0 Å². The lowest BCUT2D eigenvalue weighted by Crippen LogP contribution is -2.00. The van der Waals surface area contributed by atoms with E-state index in [1.54, 1.807) is 0 Å². The molecule has 2 heteroatoms. The van der Waals surface area contributed by atoms with Gasteiger partial charge in [0.2, 0.25) is 0 Å². The van der Waals surface area contributed by atoms with Crippen molar-refractivity contribution in [2.24, 2.45) is 5.73 Å². The Hall–Kier alpha value is -0.0900. The monoisotopic (exact) mass is 261 g/mol. The molecule has 1 nitrogen and oxygen atoms in total. The van der Waals surface area contributed by atoms with E-state index < -0.39 is 0 Å². The first-order chi connectivity index (χ1) is 5.15. The summed E-state index contributed by atoms with van der Waals surface area (Å²) in [7, 11) is 0. The molecule has 0 spiro atoms. The Balaban J connectivity index is 3.21. The van der Waals surface area contributed by atoms with Gasteiger partial charge in [0.05, 0.1) is 0 Å². The zero-order valence-electron chi connectivity index (χ0n) is 6.82. The van der Waals surface area contributed by atoms with Crippen LogP contribution in [-0.4, -0.2) is 0 Å². The van der Waals surface area contributed by atoms with Gasteiger partial charge in [-0.1, -0.05) is 6.07 Å². The predicted octanol–water partition coefficient (Wildman–Crippen LogP) is 2.37. The molecule has 0 fully saturated rings. The molecule has 2 N–H and O–H groups in total. The zero-order chi connectivity index (χ0) is 8.43. The van der Waals surface area contributed by atoms with Crippen LogP contribution in [0.2, 0.25) is 0 Å². The van der Waals surface area contributed by atoms with Gasteiger partial charge in [-0.2, -0.15) is 0 Å². The van der Waals surface area contributed by atoms with Gasteiger partial charge >= 0.3 is 0 Å². The van der Waals surface area contributed by atoms with E-state index in [2.05, 4.69) is 48.6 Å². The Bertz CT molecular complexity index is 269. The lowest BCUT2D eigenvalue weighted by atomic mass is 10.1. The van der Waals surface area contributed by atoms with Crippen molar-refractivity contribution in [1.82, 2.24) is 0 Å². The van der Waals surface area contributed by atoms with Crippen LogP contribution in [0.5, 0.6) is 0 Å². The second-order valence-corrected chi connectivity index (χ2v) is 3.89. The second kappa shape index (κ2) is 3.54. The van der Waals surface area contributed by atoms with Crippen molar-refractivity contribution in [2.75, 3.05) is 0 Å². The van der Waals surface area contributed by atoms with Gasteiger partial charge in [0.15, 0.2) is 0 Å². The Kier molecular flexibility index (Phi) is 2.90. The number of aryl methyl sites for hydroxylation is 2. The summed E-state index contributed by atoms with van der Waals surface area (Å²) in [6.45, 7) is 4.88. The lowest BCUT2D eigenvalue weighted by molar-refractivity contribution is 1.05. The van der Waals surface area contributed by atoms with Gasteiger partial charge < -0.3 is 5.73 Å². The van der Waals surface area contributed by atoms with E-state index in [0.29, 0.717) is 6.54 Å². The fourth-order valence-electron chi connectivity index (χ4n) is 0.997. The first-order valence-electron chi connectivity index (χ1n) is 3.61. The number of rotatable bonds is 1. The minimum absolute atomic E-state index is 0.638. The fraction of sp³-hybridized carbons (Fsp3) is 0.333. The third-order valence-corrected chi connectivity index (χ3v) is 2.89. The molecule has 0 saturated heterocycles. The molecule has 60 valence electrons. The average molecular weight is 261 g/mol. The van der Waals surface area contributed by atoms with Crippen LogP contribution in [0.4, 0.5) is 0 Å². The van der Waals surface area contributed by atoms with Gasteiger partial charge in [-0.3, -0.25) is 0 Å². The Morgan fingerprint density at radius 2 is 1.82 bits per heavy atom. The van der Waals surface area contributed by atoms with Crippen LogP contribution in [0.25, 0.3) is 0 Å². The topological polar surface area (TPSA) is 26.0 Å². The first-order valence-corrected chi connectivity index (χ1v) is 4.68. The van der Waals surface area contributed by atoms with Gasteiger partial charge in [-0.05, 0) is 59.2 Å². The molecule has 0 unspecified atom stereocenters. The maximum Gasteiger partial charge on any atom is 0.0188 e. The van der Waals surface area contributed by atoms with Gasteiger partial charge in [-0.25, -0.2) is 0 Å². The van der Waals surface area contributed by atoms with E-state index in [0.717, 1.165) is 0 Å². The van der Waals surface area contributed by atoms with E-state index in [1.165, 1.54) is 20.3 Å². The molecule has 0 bridgehead atoms. The average Bonchev–Trinajstić information content (AvgIpc) is 1.97. The molecule has 0 heterocycles. The van der Waals surface area contributed by atoms with Crippen molar-refractivity contribution in [1.29, 1.82) is 0 Å². The standard InChI is InChI=1S/C9H12IN/c1-6-3-8(5-11)9(10)4-7(6)2/h3-4H,5,11H2,1-2H3. The van der Waals surface area contributed by atoms with Gasteiger partial charge in [0.25, 0.3) is 0 Å². The summed E-state index contributed by atoms with van der Waals surface area (Å²) < 4.78 is 1.27. The van der Waals surface area contributed by atoms with Crippen LogP contribution in [-0.2, 0) is 6.54 Å². The molecule has 11 heavy (non-hydrogen) atoms. The molecule has 0 aliphatic carbocycles. The molecule has 0 amide bonds. The SMILES string of the molecule is Cc1cc(I)c(CN)cc1C. The lowest BCUT2D eigenvalue weighted by Gasteiger charge is -2.05. The van der Waals surface area contributed by atoms with Gasteiger partial charge in [0, 0.05) is 10.1 Å². The van der Waals surface area contributed by atoms with E-state index in [9.17, 15) is 0 Å². The zero-order valence-corrected chi connectivity index (χ0v) is 8.97. The third kappa shape index (κ3) is 1.93. The number of hydrogen-bond acceptors (Lipinski definition) is 1. The smallest absolute Gasteiger partial charge is 0.0188 e. The largest absolute Gasteiger partial charge is 0.326 e. The van der Waals surface area contributed by atoms with Crippen molar-refractivity contribution >= 4 is 22.6 Å². The Labute approximate surface area is 81.1 Å². The number of benzene rings is 1. The second-order valence-electron chi connectivity index (χ2n) is 2.73. The Morgan fingerprint density at radius 3 is 2.36 bits per heavy atom. The molecule has 0 aliphatic rings. The summed E-state index contributed by atoms with van der Waals surface area (Å²) in [5.41, 5.74) is 9.47. The first kappa shape index (κ1) is 9.00. The highest BCUT2D eigenvalue weighted by Crippen LogP contribution is 2.17. The molecule has 1 aromatic carbocycles. The van der Waals surface area contributed by atoms with Crippen LogP contribution < -0.4 is 5.73 Å². The van der Waals surface area contributed by atoms with Crippen LogP contribution in [0, 0.1) is 17.4 Å². The maximum atomic E-state index is 5.56. The number of halogens is 1. The molecule has 1 aromatic rings. The summed E-state index contributed by atoms with van der Waals surface area (Å²) in [6.07, 6.45) is 0. The van der Waals surface area contributed by atoms with Crippen LogP contribution in [0.1, 0.15) is 16.7 Å². The van der Waals surface area contributed by atoms with Crippen LogP contribution in [0.15, 0.2) is 12.1 Å². The fourth-order valence-corrected chi connectivity index (χ4v) is 1.84. The van der Waals surface area contributed by atoms with Gasteiger partial charge in [-0.15, -0.1) is 0 Å². The third-order valence-electron chi connectivity index (χ3n) is 1.88. The Morgan fingerprint density at radius 1 is 1.27 bits per heavy atom. The molecular weight excluding hydrogens is 249 g/mol. The molecule has 0 atom stereocenters. The molecule has 0 aromatic heterocycles. The molecular formula is C9H12IN. The molecule has 0 saturated carbocycles. The van der Waals surface area contributed by atoms with Crippen LogP contribution >= 0.6 is 22.6 Å². The minimum atomic E-state index is 0.638. The summed E-state index contributed by atoms with van der Waals surface area (Å²) in [4.78, 5) is 0. The number of hydrogen-bond donors (Lipinski definition) is 1.